The molecule has 3 aromatic carbocycles. The van der Waals surface area contributed by atoms with Crippen LogP contribution in [0, 0.1) is 13.8 Å². The molecule has 0 fully saturated rings. The molecule has 0 radical (unpaired) electrons. The third-order valence-corrected chi connectivity index (χ3v) is 5.90. The summed E-state index contributed by atoms with van der Waals surface area (Å²) >= 11 is 3.37. The van der Waals surface area contributed by atoms with E-state index in [0.29, 0.717) is 29.3 Å². The Labute approximate surface area is 197 Å². The van der Waals surface area contributed by atoms with Crippen molar-refractivity contribution in [3.8, 4) is 5.75 Å². The number of ether oxygens (including phenoxy) is 1. The number of halogens is 1. The van der Waals surface area contributed by atoms with Crippen molar-refractivity contribution in [2.24, 2.45) is 0 Å². The number of amides is 1. The lowest BCUT2D eigenvalue weighted by Gasteiger charge is -2.16. The van der Waals surface area contributed by atoms with Crippen molar-refractivity contribution in [1.82, 2.24) is 0 Å². The van der Waals surface area contributed by atoms with Crippen LogP contribution in [-0.4, -0.2) is 26.5 Å². The van der Waals surface area contributed by atoms with Gasteiger partial charge in [0, 0.05) is 28.0 Å². The van der Waals surface area contributed by atoms with Gasteiger partial charge in [-0.05, 0) is 55.3 Å². The van der Waals surface area contributed by atoms with Crippen LogP contribution in [0.4, 0.5) is 11.4 Å². The molecule has 0 aliphatic heterocycles. The summed E-state index contributed by atoms with van der Waals surface area (Å²) in [7, 11) is -3.23. The Balaban J connectivity index is 1.84. The van der Waals surface area contributed by atoms with E-state index in [2.05, 4.69) is 32.6 Å². The van der Waals surface area contributed by atoms with Gasteiger partial charge in [0.2, 0.25) is 0 Å². The number of hydrogen-bond acceptors (Lipinski definition) is 5. The van der Waals surface area contributed by atoms with Crippen LogP contribution in [-0.2, 0) is 16.4 Å². The summed E-state index contributed by atoms with van der Waals surface area (Å²) in [5.41, 5.74) is 4.83. The summed E-state index contributed by atoms with van der Waals surface area (Å²) < 4.78 is 30.1. The van der Waals surface area contributed by atoms with Crippen LogP contribution in [0.1, 0.15) is 27.0 Å². The second kappa shape index (κ2) is 10.2. The van der Waals surface area contributed by atoms with E-state index >= 15 is 0 Å². The summed E-state index contributed by atoms with van der Waals surface area (Å²) in [6.07, 6.45) is 1.16. The highest BCUT2D eigenvalue weighted by Crippen LogP contribution is 2.30. The molecule has 0 aliphatic rings. The topological polar surface area (TPSA) is 84.5 Å². The first-order valence-corrected chi connectivity index (χ1v) is 12.8. The Morgan fingerprint density at radius 2 is 1.81 bits per heavy atom. The van der Waals surface area contributed by atoms with Gasteiger partial charge in [0.1, 0.15) is 18.2 Å². The average Bonchev–Trinajstić information content (AvgIpc) is 2.73. The Kier molecular flexibility index (Phi) is 7.58. The third kappa shape index (κ3) is 6.83. The lowest BCUT2D eigenvalue weighted by atomic mass is 10.1. The molecule has 2 N–H and O–H groups in total. The highest BCUT2D eigenvalue weighted by molar-refractivity contribution is 9.10. The van der Waals surface area contributed by atoms with Crippen molar-refractivity contribution in [2.45, 2.75) is 20.5 Å². The Morgan fingerprint density at radius 1 is 1.03 bits per heavy atom. The van der Waals surface area contributed by atoms with Crippen LogP contribution >= 0.6 is 15.9 Å². The molecule has 0 saturated carbocycles. The average molecular weight is 517 g/mol. The lowest BCUT2D eigenvalue weighted by molar-refractivity contribution is 0.102. The van der Waals surface area contributed by atoms with Crippen molar-refractivity contribution in [2.75, 3.05) is 22.8 Å². The minimum absolute atomic E-state index is 0.226. The molecule has 168 valence electrons. The van der Waals surface area contributed by atoms with Gasteiger partial charge in [-0.1, -0.05) is 45.8 Å². The summed E-state index contributed by atoms with van der Waals surface area (Å²) in [6.45, 7) is 4.33. The highest BCUT2D eigenvalue weighted by atomic mass is 79.9. The van der Waals surface area contributed by atoms with Crippen molar-refractivity contribution < 1.29 is 17.9 Å². The molecule has 3 aromatic rings. The fourth-order valence-corrected chi connectivity index (χ4v) is 3.84. The Bertz CT molecular complexity index is 1240. The molecule has 0 unspecified atom stereocenters. The second-order valence-electron chi connectivity index (χ2n) is 7.64. The van der Waals surface area contributed by atoms with Gasteiger partial charge >= 0.3 is 0 Å². The van der Waals surface area contributed by atoms with E-state index in [1.165, 1.54) is 0 Å². The van der Waals surface area contributed by atoms with Gasteiger partial charge in [0.05, 0.1) is 5.69 Å². The molecule has 0 spiro atoms. The molecule has 6 nitrogen and oxygen atoms in total. The summed E-state index contributed by atoms with van der Waals surface area (Å²) in [6, 6.07) is 18.3. The maximum Gasteiger partial charge on any atom is 0.255 e. The van der Waals surface area contributed by atoms with Crippen molar-refractivity contribution in [3.05, 3.63) is 87.4 Å². The van der Waals surface area contributed by atoms with E-state index in [0.717, 1.165) is 27.4 Å². The molecule has 8 heteroatoms. The zero-order valence-corrected chi connectivity index (χ0v) is 20.5. The largest absolute Gasteiger partial charge is 0.487 e. The second-order valence-corrected chi connectivity index (χ2v) is 10.7. The molecule has 0 atom stereocenters. The van der Waals surface area contributed by atoms with Gasteiger partial charge in [-0.15, -0.1) is 0 Å². The number of benzene rings is 3. The Hall–Kier alpha value is -2.84. The summed E-state index contributed by atoms with van der Waals surface area (Å²) in [5, 5.41) is 5.76. The van der Waals surface area contributed by atoms with Crippen LogP contribution in [0.3, 0.4) is 0 Å². The maximum atomic E-state index is 12.6. The van der Waals surface area contributed by atoms with Crippen molar-refractivity contribution in [1.29, 1.82) is 0 Å². The molecular formula is C24H25BrN2O4S. The molecule has 0 heterocycles. The van der Waals surface area contributed by atoms with E-state index < -0.39 is 9.84 Å². The number of carbonyl (C=O) groups is 1. The van der Waals surface area contributed by atoms with Gasteiger partial charge in [-0.25, -0.2) is 8.42 Å². The summed E-state index contributed by atoms with van der Waals surface area (Å²) in [4.78, 5) is 12.6. The zero-order chi connectivity index (χ0) is 23.3. The number of aryl methyl sites for hydroxylation is 2. The molecule has 3 rings (SSSR count). The SMILES string of the molecule is Cc1ccc(C)c(COc2cc(NC(=O)c3cccc(Br)c3)ccc2NCS(C)(=O)=O)c1. The lowest BCUT2D eigenvalue weighted by Crippen LogP contribution is -2.14. The number of nitrogens with one attached hydrogen (secondary N) is 2. The van der Waals surface area contributed by atoms with E-state index in [9.17, 15) is 13.2 Å². The van der Waals surface area contributed by atoms with Gasteiger partial charge in [-0.3, -0.25) is 4.79 Å². The molecule has 0 aromatic heterocycles. The van der Waals surface area contributed by atoms with E-state index in [4.69, 9.17) is 4.74 Å². The van der Waals surface area contributed by atoms with Crippen LogP contribution in [0.25, 0.3) is 0 Å². The minimum atomic E-state index is -3.23. The fourth-order valence-electron chi connectivity index (χ4n) is 3.02. The van der Waals surface area contributed by atoms with Crippen LogP contribution in [0.2, 0.25) is 0 Å². The highest BCUT2D eigenvalue weighted by Gasteiger charge is 2.12. The molecular weight excluding hydrogens is 492 g/mol. The molecule has 1 amide bonds. The van der Waals surface area contributed by atoms with Crippen molar-refractivity contribution >= 4 is 43.0 Å². The first-order chi connectivity index (χ1) is 15.1. The van der Waals surface area contributed by atoms with E-state index in [1.807, 2.05) is 32.0 Å². The van der Waals surface area contributed by atoms with E-state index in [1.54, 1.807) is 36.4 Å². The van der Waals surface area contributed by atoms with Gasteiger partial charge in [0.25, 0.3) is 5.91 Å². The number of rotatable bonds is 8. The molecule has 0 aliphatic carbocycles. The number of carbonyl (C=O) groups excluding carboxylic acids is 1. The monoisotopic (exact) mass is 516 g/mol. The van der Waals surface area contributed by atoms with Crippen LogP contribution in [0.5, 0.6) is 5.75 Å². The molecule has 0 saturated heterocycles. The fraction of sp³-hybridized carbons (Fsp3) is 0.208. The maximum absolute atomic E-state index is 12.6. The van der Waals surface area contributed by atoms with Gasteiger partial charge in [0.15, 0.2) is 9.84 Å². The predicted molar refractivity (Wildman–Crippen MR) is 132 cm³/mol. The van der Waals surface area contributed by atoms with Crippen LogP contribution < -0.4 is 15.4 Å². The van der Waals surface area contributed by atoms with Gasteiger partial charge in [-0.2, -0.15) is 0 Å². The normalized spacial score (nSPS) is 11.1. The minimum Gasteiger partial charge on any atom is -0.487 e. The Morgan fingerprint density at radius 3 is 2.53 bits per heavy atom. The quantitative estimate of drug-likeness (QED) is 0.423. The predicted octanol–water partition coefficient (Wildman–Crippen LogP) is 5.31. The number of hydrogen-bond donors (Lipinski definition) is 2. The number of sulfone groups is 1. The molecule has 32 heavy (non-hydrogen) atoms. The van der Waals surface area contributed by atoms with Crippen LogP contribution in [0.15, 0.2) is 65.1 Å². The molecule has 0 bridgehead atoms. The smallest absolute Gasteiger partial charge is 0.255 e. The zero-order valence-electron chi connectivity index (χ0n) is 18.1. The first kappa shape index (κ1) is 23.8. The van der Waals surface area contributed by atoms with Crippen molar-refractivity contribution in [3.63, 3.8) is 0 Å². The number of anilines is 2. The van der Waals surface area contributed by atoms with Gasteiger partial charge < -0.3 is 15.4 Å². The summed E-state index contributed by atoms with van der Waals surface area (Å²) in [5.74, 6) is -0.0402. The standard InChI is InChI=1S/C24H25BrN2O4S/c1-16-7-8-17(2)19(11-16)14-31-23-13-21(9-10-22(23)26-15-32(3,29)30)27-24(28)18-5-4-6-20(25)12-18/h4-13,26H,14-15H2,1-3H3,(H,27,28). The van der Waals surface area contributed by atoms with E-state index in [-0.39, 0.29) is 11.8 Å². The first-order valence-electron chi connectivity index (χ1n) is 9.92. The third-order valence-electron chi connectivity index (χ3n) is 4.74.